The molecule has 0 aromatic carbocycles. The molecule has 1 heterocycles. The number of anilines is 1. The second kappa shape index (κ2) is 7.90. The molecule has 102 valence electrons. The normalized spacial score (nSPS) is 12.5. The predicted molar refractivity (Wildman–Crippen MR) is 75.0 cm³/mol. The van der Waals surface area contributed by atoms with Crippen molar-refractivity contribution in [1.29, 1.82) is 0 Å². The quantitative estimate of drug-likeness (QED) is 0.716. The summed E-state index contributed by atoms with van der Waals surface area (Å²) >= 11 is 0. The molecule has 0 fully saturated rings. The topological polar surface area (TPSA) is 47.0 Å². The lowest BCUT2D eigenvalue weighted by Crippen LogP contribution is -2.16. The number of ether oxygens (including phenoxy) is 1. The summed E-state index contributed by atoms with van der Waals surface area (Å²) in [6, 6.07) is 2.29. The van der Waals surface area contributed by atoms with Crippen LogP contribution in [0.25, 0.3) is 0 Å². The summed E-state index contributed by atoms with van der Waals surface area (Å²) in [7, 11) is 0. The van der Waals surface area contributed by atoms with Gasteiger partial charge in [0.05, 0.1) is 6.10 Å². The number of unbranched alkanes of at least 4 members (excludes halogenated alkanes) is 2. The van der Waals surface area contributed by atoms with Gasteiger partial charge in [0.15, 0.2) is 0 Å². The Hall–Kier alpha value is -1.32. The van der Waals surface area contributed by atoms with E-state index in [0.29, 0.717) is 11.9 Å². The number of nitrogens with one attached hydrogen (secondary N) is 1. The van der Waals surface area contributed by atoms with Crippen LogP contribution in [0.5, 0.6) is 5.88 Å². The molecule has 1 aromatic rings. The molecule has 0 saturated carbocycles. The van der Waals surface area contributed by atoms with Crippen LogP contribution in [0.1, 0.15) is 53.4 Å². The number of hydrogen-bond acceptors (Lipinski definition) is 4. The average Bonchev–Trinajstić information content (AvgIpc) is 2.28. The van der Waals surface area contributed by atoms with E-state index in [-0.39, 0.29) is 6.10 Å². The molecule has 1 N–H and O–H groups in total. The lowest BCUT2D eigenvalue weighted by molar-refractivity contribution is 0.232. The maximum atomic E-state index is 5.54. The van der Waals surface area contributed by atoms with Gasteiger partial charge in [-0.15, -0.1) is 0 Å². The molecular formula is C14H25N3O. The average molecular weight is 251 g/mol. The van der Waals surface area contributed by atoms with E-state index in [9.17, 15) is 0 Å². The highest BCUT2D eigenvalue weighted by molar-refractivity contribution is 5.37. The zero-order valence-corrected chi connectivity index (χ0v) is 11.9. The van der Waals surface area contributed by atoms with Crippen LogP contribution in [-0.2, 0) is 0 Å². The first-order chi connectivity index (χ1) is 8.61. The Morgan fingerprint density at radius 3 is 2.67 bits per heavy atom. The molecule has 1 rings (SSSR count). The zero-order chi connectivity index (χ0) is 13.4. The van der Waals surface area contributed by atoms with Gasteiger partial charge in [-0.2, -0.15) is 0 Å². The van der Waals surface area contributed by atoms with Crippen molar-refractivity contribution in [3.8, 4) is 5.88 Å². The highest BCUT2D eigenvalue weighted by Gasteiger charge is 2.05. The van der Waals surface area contributed by atoms with Crippen molar-refractivity contribution < 1.29 is 4.74 Å². The molecule has 18 heavy (non-hydrogen) atoms. The maximum absolute atomic E-state index is 5.54. The van der Waals surface area contributed by atoms with E-state index < -0.39 is 0 Å². The molecule has 0 aliphatic heterocycles. The lowest BCUT2D eigenvalue weighted by Gasteiger charge is -2.15. The van der Waals surface area contributed by atoms with E-state index in [4.69, 9.17) is 4.74 Å². The third kappa shape index (κ3) is 5.84. The minimum Gasteiger partial charge on any atom is -0.475 e. The van der Waals surface area contributed by atoms with E-state index >= 15 is 0 Å². The fourth-order valence-electron chi connectivity index (χ4n) is 1.75. The second-order valence-electron chi connectivity index (χ2n) is 4.95. The summed E-state index contributed by atoms with van der Waals surface area (Å²) in [5.41, 5.74) is 0. The molecule has 0 aliphatic carbocycles. The van der Waals surface area contributed by atoms with Gasteiger partial charge in [-0.3, -0.25) is 0 Å². The van der Waals surface area contributed by atoms with Crippen LogP contribution in [0.3, 0.4) is 0 Å². The molecule has 1 unspecified atom stereocenters. The number of hydrogen-bond donors (Lipinski definition) is 1. The van der Waals surface area contributed by atoms with E-state index in [0.717, 1.165) is 12.2 Å². The zero-order valence-electron chi connectivity index (χ0n) is 11.9. The van der Waals surface area contributed by atoms with E-state index in [1.807, 2.05) is 19.9 Å². The summed E-state index contributed by atoms with van der Waals surface area (Å²) in [5.74, 6) is 1.47. The number of nitrogens with zero attached hydrogens (tertiary/aromatic N) is 2. The van der Waals surface area contributed by atoms with Crippen LogP contribution < -0.4 is 10.1 Å². The van der Waals surface area contributed by atoms with E-state index in [2.05, 4.69) is 29.1 Å². The highest BCUT2D eigenvalue weighted by atomic mass is 16.5. The molecule has 1 atom stereocenters. The molecule has 0 bridgehead atoms. The molecule has 4 nitrogen and oxygen atoms in total. The van der Waals surface area contributed by atoms with Crippen LogP contribution in [0, 0.1) is 0 Å². The van der Waals surface area contributed by atoms with Crippen molar-refractivity contribution >= 4 is 5.82 Å². The van der Waals surface area contributed by atoms with Crippen molar-refractivity contribution in [3.05, 3.63) is 12.4 Å². The number of rotatable bonds is 8. The van der Waals surface area contributed by atoms with Gasteiger partial charge in [-0.25, -0.2) is 9.97 Å². The van der Waals surface area contributed by atoms with Crippen LogP contribution in [0.4, 0.5) is 5.82 Å². The monoisotopic (exact) mass is 251 g/mol. The molecule has 0 radical (unpaired) electrons. The first kappa shape index (κ1) is 14.7. The summed E-state index contributed by atoms with van der Waals surface area (Å²) in [6.45, 7) is 8.38. The largest absolute Gasteiger partial charge is 0.475 e. The first-order valence-electron chi connectivity index (χ1n) is 6.87. The molecule has 0 amide bonds. The van der Waals surface area contributed by atoms with Crippen LogP contribution >= 0.6 is 0 Å². The van der Waals surface area contributed by atoms with Crippen molar-refractivity contribution in [2.24, 2.45) is 0 Å². The van der Waals surface area contributed by atoms with Crippen LogP contribution in [0.15, 0.2) is 12.4 Å². The highest BCUT2D eigenvalue weighted by Crippen LogP contribution is 2.14. The molecule has 0 aliphatic rings. The van der Waals surface area contributed by atoms with E-state index in [1.165, 1.54) is 19.3 Å². The predicted octanol–water partition coefficient (Wildman–Crippen LogP) is 3.64. The van der Waals surface area contributed by atoms with Gasteiger partial charge in [0.1, 0.15) is 12.1 Å². The minimum absolute atomic E-state index is 0.134. The summed E-state index contributed by atoms with van der Waals surface area (Å²) in [4.78, 5) is 8.30. The summed E-state index contributed by atoms with van der Waals surface area (Å²) in [5, 5.41) is 3.38. The van der Waals surface area contributed by atoms with Crippen molar-refractivity contribution in [1.82, 2.24) is 9.97 Å². The Morgan fingerprint density at radius 2 is 2.00 bits per heavy atom. The second-order valence-corrected chi connectivity index (χ2v) is 4.95. The van der Waals surface area contributed by atoms with Gasteiger partial charge < -0.3 is 10.1 Å². The third-order valence-electron chi connectivity index (χ3n) is 2.63. The van der Waals surface area contributed by atoms with Crippen molar-refractivity contribution in [3.63, 3.8) is 0 Å². The van der Waals surface area contributed by atoms with Gasteiger partial charge in [0.2, 0.25) is 5.88 Å². The fraction of sp³-hybridized carbons (Fsp3) is 0.714. The Bertz CT molecular complexity index is 342. The fourth-order valence-corrected chi connectivity index (χ4v) is 1.75. The van der Waals surface area contributed by atoms with Gasteiger partial charge in [0, 0.05) is 12.1 Å². The Kier molecular flexibility index (Phi) is 6.47. The Balaban J connectivity index is 2.45. The van der Waals surface area contributed by atoms with Crippen molar-refractivity contribution in [2.75, 3.05) is 5.32 Å². The van der Waals surface area contributed by atoms with Gasteiger partial charge in [-0.05, 0) is 27.2 Å². The molecule has 1 aromatic heterocycles. The lowest BCUT2D eigenvalue weighted by atomic mass is 10.1. The molecular weight excluding hydrogens is 226 g/mol. The Labute approximate surface area is 110 Å². The van der Waals surface area contributed by atoms with Gasteiger partial charge in [-0.1, -0.05) is 26.2 Å². The summed E-state index contributed by atoms with van der Waals surface area (Å²) < 4.78 is 5.54. The van der Waals surface area contributed by atoms with Crippen LogP contribution in [-0.4, -0.2) is 22.1 Å². The maximum Gasteiger partial charge on any atom is 0.218 e. The Morgan fingerprint density at radius 1 is 1.22 bits per heavy atom. The van der Waals surface area contributed by atoms with Crippen molar-refractivity contribution in [2.45, 2.75) is 65.5 Å². The molecule has 0 spiro atoms. The third-order valence-corrected chi connectivity index (χ3v) is 2.63. The molecule has 0 saturated heterocycles. The number of aromatic nitrogens is 2. The SMILES string of the molecule is CCCCCC(C)Nc1cc(OC(C)C)ncn1. The van der Waals surface area contributed by atoms with Gasteiger partial charge >= 0.3 is 0 Å². The van der Waals surface area contributed by atoms with Gasteiger partial charge in [0.25, 0.3) is 0 Å². The minimum atomic E-state index is 0.134. The molecule has 4 heteroatoms. The van der Waals surface area contributed by atoms with Crippen LogP contribution in [0.2, 0.25) is 0 Å². The first-order valence-corrected chi connectivity index (χ1v) is 6.87. The van der Waals surface area contributed by atoms with E-state index in [1.54, 1.807) is 6.33 Å². The smallest absolute Gasteiger partial charge is 0.218 e. The summed E-state index contributed by atoms with van der Waals surface area (Å²) in [6.07, 6.45) is 6.64. The standard InChI is InChI=1S/C14H25N3O/c1-5-6-7-8-12(4)17-13-9-14(16-10-15-13)18-11(2)3/h9-12H,5-8H2,1-4H3,(H,15,16,17).